The Hall–Kier alpha value is -0.0400. The number of hydrogen-bond donors (Lipinski definition) is 0. The number of hydrogen-bond acceptors (Lipinski definition) is 1. The summed E-state index contributed by atoms with van der Waals surface area (Å²) in [7, 11) is 1.88. The molecule has 0 aliphatic heterocycles. The van der Waals surface area contributed by atoms with Crippen LogP contribution in [0.15, 0.2) is 0 Å². The molecule has 2 aliphatic carbocycles. The predicted octanol–water partition coefficient (Wildman–Crippen LogP) is 2.85. The zero-order chi connectivity index (χ0) is 8.77. The molecule has 0 heterocycles. The molecule has 2 rings (SSSR count). The summed E-state index contributed by atoms with van der Waals surface area (Å²) >= 11 is 0. The Morgan fingerprint density at radius 1 is 1.33 bits per heavy atom. The Morgan fingerprint density at radius 2 is 2.00 bits per heavy atom. The van der Waals surface area contributed by atoms with Crippen molar-refractivity contribution >= 4 is 0 Å². The Kier molecular flexibility index (Phi) is 1.95. The summed E-state index contributed by atoms with van der Waals surface area (Å²) < 4.78 is 5.52. The average molecular weight is 168 g/mol. The van der Waals surface area contributed by atoms with Gasteiger partial charge in [0.1, 0.15) is 0 Å². The standard InChI is InChI=1S/C11H20O/c1-8(2)9-7-10(12-3)11(9)5-4-6-11/h8-10H,4-7H2,1-3H3/t9-,10-/m1/s1. The normalized spacial score (nSPS) is 38.0. The monoisotopic (exact) mass is 168 g/mol. The predicted molar refractivity (Wildman–Crippen MR) is 50.0 cm³/mol. The molecule has 1 nitrogen and oxygen atoms in total. The van der Waals surface area contributed by atoms with Crippen molar-refractivity contribution in [1.82, 2.24) is 0 Å². The van der Waals surface area contributed by atoms with E-state index in [1.54, 1.807) is 0 Å². The molecule has 70 valence electrons. The smallest absolute Gasteiger partial charge is 0.0633 e. The van der Waals surface area contributed by atoms with E-state index in [2.05, 4.69) is 13.8 Å². The molecule has 2 atom stereocenters. The molecule has 1 spiro atoms. The third-order valence-corrected chi connectivity index (χ3v) is 4.22. The second-order valence-electron chi connectivity index (χ2n) is 4.90. The van der Waals surface area contributed by atoms with Crippen LogP contribution in [0, 0.1) is 17.3 Å². The summed E-state index contributed by atoms with van der Waals surface area (Å²) in [6.45, 7) is 4.72. The van der Waals surface area contributed by atoms with Crippen LogP contribution in [0.2, 0.25) is 0 Å². The summed E-state index contributed by atoms with van der Waals surface area (Å²) in [6.07, 6.45) is 6.19. The van der Waals surface area contributed by atoms with Crippen molar-refractivity contribution in [2.45, 2.75) is 45.6 Å². The fraction of sp³-hybridized carbons (Fsp3) is 1.00. The maximum atomic E-state index is 5.52. The third kappa shape index (κ3) is 0.891. The maximum Gasteiger partial charge on any atom is 0.0633 e. The quantitative estimate of drug-likeness (QED) is 0.616. The number of ether oxygens (including phenoxy) is 1. The van der Waals surface area contributed by atoms with Gasteiger partial charge in [0.2, 0.25) is 0 Å². The molecule has 0 N–H and O–H groups in total. The first-order valence-corrected chi connectivity index (χ1v) is 5.23. The SMILES string of the molecule is CO[C@@H]1C[C@H](C(C)C)C12CCC2. The van der Waals surface area contributed by atoms with E-state index in [1.165, 1.54) is 25.7 Å². The first-order chi connectivity index (χ1) is 5.70. The lowest BCUT2D eigenvalue weighted by Gasteiger charge is -2.62. The van der Waals surface area contributed by atoms with Crippen molar-refractivity contribution in [2.24, 2.45) is 17.3 Å². The van der Waals surface area contributed by atoms with Crippen molar-refractivity contribution < 1.29 is 4.74 Å². The van der Waals surface area contributed by atoms with Crippen molar-refractivity contribution in [3.8, 4) is 0 Å². The fourth-order valence-corrected chi connectivity index (χ4v) is 3.32. The van der Waals surface area contributed by atoms with Crippen LogP contribution < -0.4 is 0 Å². The molecule has 2 aliphatic rings. The Morgan fingerprint density at radius 3 is 2.33 bits per heavy atom. The van der Waals surface area contributed by atoms with E-state index in [-0.39, 0.29) is 0 Å². The summed E-state index contributed by atoms with van der Waals surface area (Å²) in [5.74, 6) is 1.81. The summed E-state index contributed by atoms with van der Waals surface area (Å²) in [6, 6.07) is 0. The van der Waals surface area contributed by atoms with E-state index < -0.39 is 0 Å². The van der Waals surface area contributed by atoms with Crippen LogP contribution in [-0.4, -0.2) is 13.2 Å². The van der Waals surface area contributed by atoms with E-state index in [1.807, 2.05) is 7.11 Å². The summed E-state index contributed by atoms with van der Waals surface area (Å²) in [5, 5.41) is 0. The lowest BCUT2D eigenvalue weighted by Crippen LogP contribution is -2.59. The Balaban J connectivity index is 2.03. The molecule has 0 amide bonds. The zero-order valence-corrected chi connectivity index (χ0v) is 8.47. The van der Waals surface area contributed by atoms with Gasteiger partial charge >= 0.3 is 0 Å². The molecule has 1 heteroatoms. The molecule has 0 aromatic carbocycles. The van der Waals surface area contributed by atoms with Gasteiger partial charge in [-0.15, -0.1) is 0 Å². The van der Waals surface area contributed by atoms with Gasteiger partial charge in [0, 0.05) is 7.11 Å². The van der Waals surface area contributed by atoms with Crippen LogP contribution in [0.4, 0.5) is 0 Å². The maximum absolute atomic E-state index is 5.52. The minimum Gasteiger partial charge on any atom is -0.381 e. The first kappa shape index (κ1) is 8.55. The highest BCUT2D eigenvalue weighted by Crippen LogP contribution is 2.62. The molecular weight excluding hydrogens is 148 g/mol. The molecule has 0 unspecified atom stereocenters. The fourth-order valence-electron chi connectivity index (χ4n) is 3.32. The van der Waals surface area contributed by atoms with Gasteiger partial charge in [0.25, 0.3) is 0 Å². The van der Waals surface area contributed by atoms with Crippen molar-refractivity contribution in [3.05, 3.63) is 0 Å². The van der Waals surface area contributed by atoms with Gasteiger partial charge in [-0.3, -0.25) is 0 Å². The van der Waals surface area contributed by atoms with Crippen LogP contribution in [0.25, 0.3) is 0 Å². The van der Waals surface area contributed by atoms with Gasteiger partial charge in [0.05, 0.1) is 6.10 Å². The molecule has 0 bridgehead atoms. The van der Waals surface area contributed by atoms with Crippen LogP contribution in [-0.2, 0) is 4.74 Å². The molecule has 2 saturated carbocycles. The molecule has 0 saturated heterocycles. The summed E-state index contributed by atoms with van der Waals surface area (Å²) in [5.41, 5.74) is 0.628. The van der Waals surface area contributed by atoms with Crippen molar-refractivity contribution in [1.29, 1.82) is 0 Å². The third-order valence-electron chi connectivity index (χ3n) is 4.22. The minimum absolute atomic E-state index is 0.596. The second kappa shape index (κ2) is 2.73. The highest BCUT2D eigenvalue weighted by atomic mass is 16.5. The lowest BCUT2D eigenvalue weighted by molar-refractivity contribution is -0.197. The number of methoxy groups -OCH3 is 1. The highest BCUT2D eigenvalue weighted by molar-refractivity contribution is 5.08. The lowest BCUT2D eigenvalue weighted by atomic mass is 9.45. The van der Waals surface area contributed by atoms with Gasteiger partial charge in [0.15, 0.2) is 0 Å². The van der Waals surface area contributed by atoms with E-state index in [0.29, 0.717) is 11.5 Å². The van der Waals surface area contributed by atoms with Crippen LogP contribution in [0.1, 0.15) is 39.5 Å². The van der Waals surface area contributed by atoms with Gasteiger partial charge in [-0.25, -0.2) is 0 Å². The average Bonchev–Trinajstić information content (AvgIpc) is 1.81. The van der Waals surface area contributed by atoms with Crippen molar-refractivity contribution in [2.75, 3.05) is 7.11 Å². The van der Waals surface area contributed by atoms with Gasteiger partial charge in [-0.1, -0.05) is 20.3 Å². The molecule has 12 heavy (non-hydrogen) atoms. The minimum atomic E-state index is 0.596. The highest BCUT2D eigenvalue weighted by Gasteiger charge is 2.58. The largest absolute Gasteiger partial charge is 0.381 e. The zero-order valence-electron chi connectivity index (χ0n) is 8.47. The van der Waals surface area contributed by atoms with E-state index >= 15 is 0 Å². The molecule has 2 fully saturated rings. The Labute approximate surface area is 75.5 Å². The Bertz CT molecular complexity index is 170. The molecule has 0 radical (unpaired) electrons. The van der Waals surface area contributed by atoms with Gasteiger partial charge < -0.3 is 4.74 Å². The summed E-state index contributed by atoms with van der Waals surface area (Å²) in [4.78, 5) is 0. The van der Waals surface area contributed by atoms with Crippen LogP contribution in [0.3, 0.4) is 0 Å². The molecular formula is C11H20O. The van der Waals surface area contributed by atoms with E-state index in [9.17, 15) is 0 Å². The molecule has 0 aromatic rings. The van der Waals surface area contributed by atoms with E-state index in [0.717, 1.165) is 11.8 Å². The number of rotatable bonds is 2. The van der Waals surface area contributed by atoms with E-state index in [4.69, 9.17) is 4.74 Å². The van der Waals surface area contributed by atoms with Crippen LogP contribution in [0.5, 0.6) is 0 Å². The second-order valence-corrected chi connectivity index (χ2v) is 4.90. The van der Waals surface area contributed by atoms with Gasteiger partial charge in [-0.05, 0) is 36.5 Å². The van der Waals surface area contributed by atoms with Crippen molar-refractivity contribution in [3.63, 3.8) is 0 Å². The topological polar surface area (TPSA) is 9.23 Å². The van der Waals surface area contributed by atoms with Crippen LogP contribution >= 0.6 is 0 Å². The first-order valence-electron chi connectivity index (χ1n) is 5.23. The molecule has 0 aromatic heterocycles. The van der Waals surface area contributed by atoms with Gasteiger partial charge in [-0.2, -0.15) is 0 Å².